The Morgan fingerprint density at radius 2 is 2.07 bits per heavy atom. The van der Waals surface area contributed by atoms with Crippen molar-refractivity contribution in [2.24, 2.45) is 0 Å². The van der Waals surface area contributed by atoms with Gasteiger partial charge in [0.1, 0.15) is 0 Å². The van der Waals surface area contributed by atoms with Crippen LogP contribution in [0.5, 0.6) is 0 Å². The third-order valence-electron chi connectivity index (χ3n) is 4.62. The van der Waals surface area contributed by atoms with Crippen molar-refractivity contribution in [3.05, 3.63) is 53.9 Å². The summed E-state index contributed by atoms with van der Waals surface area (Å²) in [5.41, 5.74) is 2.89. The van der Waals surface area contributed by atoms with Gasteiger partial charge in [0, 0.05) is 24.6 Å². The Kier molecular flexibility index (Phi) is 5.65. The number of benzene rings is 1. The van der Waals surface area contributed by atoms with E-state index in [1.165, 1.54) is 0 Å². The molecular formula is C19H24N4O3S. The second-order valence-electron chi connectivity index (χ2n) is 6.83. The molecule has 0 unspecified atom stereocenters. The van der Waals surface area contributed by atoms with Crippen molar-refractivity contribution >= 4 is 27.4 Å². The number of amides is 2. The summed E-state index contributed by atoms with van der Waals surface area (Å²) in [7, 11) is -3.38. The molecule has 1 fully saturated rings. The molecule has 2 N–H and O–H groups in total. The van der Waals surface area contributed by atoms with E-state index in [-0.39, 0.29) is 12.1 Å². The van der Waals surface area contributed by atoms with Crippen LogP contribution < -0.4 is 10.0 Å². The van der Waals surface area contributed by atoms with Crippen molar-refractivity contribution in [3.63, 3.8) is 0 Å². The van der Waals surface area contributed by atoms with Gasteiger partial charge in [-0.05, 0) is 55.5 Å². The molecule has 27 heavy (non-hydrogen) atoms. The molecule has 1 aromatic carbocycles. The van der Waals surface area contributed by atoms with E-state index in [0.717, 1.165) is 36.6 Å². The van der Waals surface area contributed by atoms with E-state index in [9.17, 15) is 13.2 Å². The number of hydrogen-bond donors (Lipinski definition) is 2. The molecule has 0 saturated carbocycles. The molecule has 1 saturated heterocycles. The highest BCUT2D eigenvalue weighted by atomic mass is 32.2. The Bertz CT molecular complexity index is 916. The number of rotatable bonds is 4. The highest BCUT2D eigenvalue weighted by molar-refractivity contribution is 7.92. The number of likely N-dealkylation sites (tertiary alicyclic amines) is 1. The minimum Gasteiger partial charge on any atom is -0.317 e. The molecule has 1 atom stereocenters. The molecule has 0 radical (unpaired) electrons. The minimum atomic E-state index is -3.38. The zero-order valence-electron chi connectivity index (χ0n) is 15.5. The van der Waals surface area contributed by atoms with E-state index in [4.69, 9.17) is 0 Å². The highest BCUT2D eigenvalue weighted by Gasteiger charge is 2.28. The van der Waals surface area contributed by atoms with Crippen molar-refractivity contribution in [1.82, 2.24) is 9.88 Å². The second kappa shape index (κ2) is 7.96. The largest absolute Gasteiger partial charge is 0.322 e. The smallest absolute Gasteiger partial charge is 0.317 e. The van der Waals surface area contributed by atoms with Crippen LogP contribution in [0.4, 0.5) is 16.2 Å². The van der Waals surface area contributed by atoms with Gasteiger partial charge in [0.2, 0.25) is 10.0 Å². The Morgan fingerprint density at radius 1 is 1.26 bits per heavy atom. The molecule has 2 heterocycles. The van der Waals surface area contributed by atoms with Crippen molar-refractivity contribution < 1.29 is 13.2 Å². The summed E-state index contributed by atoms with van der Waals surface area (Å²) >= 11 is 0. The number of piperidine rings is 1. The predicted molar refractivity (Wildman–Crippen MR) is 106 cm³/mol. The lowest BCUT2D eigenvalue weighted by Crippen LogP contribution is -2.41. The zero-order valence-corrected chi connectivity index (χ0v) is 16.3. The summed E-state index contributed by atoms with van der Waals surface area (Å²) in [6.07, 6.45) is 7.54. The molecule has 2 amide bonds. The number of nitrogens with one attached hydrogen (secondary N) is 2. The lowest BCUT2D eigenvalue weighted by molar-refractivity contribution is 0.163. The third kappa shape index (κ3) is 4.97. The maximum Gasteiger partial charge on any atom is 0.322 e. The van der Waals surface area contributed by atoms with Crippen LogP contribution >= 0.6 is 0 Å². The Morgan fingerprint density at radius 3 is 2.78 bits per heavy atom. The van der Waals surface area contributed by atoms with Gasteiger partial charge in [-0.3, -0.25) is 9.71 Å². The Balaban J connectivity index is 1.80. The fourth-order valence-corrected chi connectivity index (χ4v) is 3.87. The number of aryl methyl sites for hydroxylation is 1. The van der Waals surface area contributed by atoms with Crippen LogP contribution in [0.1, 0.15) is 36.4 Å². The van der Waals surface area contributed by atoms with Crippen LogP contribution in [0.25, 0.3) is 0 Å². The maximum absolute atomic E-state index is 13.0. The summed E-state index contributed by atoms with van der Waals surface area (Å²) in [4.78, 5) is 19.0. The van der Waals surface area contributed by atoms with Crippen LogP contribution in [-0.2, 0) is 10.0 Å². The molecule has 1 aromatic heterocycles. The summed E-state index contributed by atoms with van der Waals surface area (Å²) in [6, 6.07) is 8.75. The third-order valence-corrected chi connectivity index (χ3v) is 5.22. The van der Waals surface area contributed by atoms with Gasteiger partial charge in [0.15, 0.2) is 0 Å². The van der Waals surface area contributed by atoms with Gasteiger partial charge >= 0.3 is 6.03 Å². The summed E-state index contributed by atoms with van der Waals surface area (Å²) in [5.74, 6) is 0. The lowest BCUT2D eigenvalue weighted by atomic mass is 9.97. The molecule has 0 aliphatic carbocycles. The number of anilines is 2. The van der Waals surface area contributed by atoms with Crippen molar-refractivity contribution in [2.75, 3.05) is 22.8 Å². The van der Waals surface area contributed by atoms with Gasteiger partial charge in [-0.15, -0.1) is 0 Å². The van der Waals surface area contributed by atoms with Crippen LogP contribution in [0, 0.1) is 6.92 Å². The van der Waals surface area contributed by atoms with Gasteiger partial charge < -0.3 is 10.2 Å². The quantitative estimate of drug-likeness (QED) is 0.838. The highest BCUT2D eigenvalue weighted by Crippen LogP contribution is 2.31. The van der Waals surface area contributed by atoms with E-state index in [2.05, 4.69) is 15.0 Å². The fourth-order valence-electron chi connectivity index (χ4n) is 3.32. The van der Waals surface area contributed by atoms with E-state index in [0.29, 0.717) is 17.9 Å². The molecule has 1 aliphatic rings. The molecule has 7 nitrogen and oxygen atoms in total. The number of nitrogens with zero attached hydrogens (tertiary/aromatic N) is 2. The average molecular weight is 388 g/mol. The fraction of sp³-hybridized carbons (Fsp3) is 0.368. The first-order chi connectivity index (χ1) is 12.8. The first-order valence-electron chi connectivity index (χ1n) is 8.89. The summed E-state index contributed by atoms with van der Waals surface area (Å²) in [5, 5.41) is 2.94. The standard InChI is InChI=1S/C19H24N4O3S/c1-14-8-9-16(22-27(2,25)26)12-17(14)21-19(24)23-11-4-3-7-18(23)15-6-5-10-20-13-15/h5-6,8-10,12-13,18,22H,3-4,7,11H2,1-2H3,(H,21,24)/t18-/m0/s1. The average Bonchev–Trinajstić information content (AvgIpc) is 2.64. The molecular weight excluding hydrogens is 364 g/mol. The summed E-state index contributed by atoms with van der Waals surface area (Å²) < 4.78 is 25.3. The monoisotopic (exact) mass is 388 g/mol. The Hall–Kier alpha value is -2.61. The number of aromatic nitrogens is 1. The van der Waals surface area contributed by atoms with Crippen LogP contribution in [0.15, 0.2) is 42.7 Å². The number of sulfonamides is 1. The normalized spacial score (nSPS) is 17.4. The van der Waals surface area contributed by atoms with Crippen molar-refractivity contribution in [1.29, 1.82) is 0 Å². The van der Waals surface area contributed by atoms with E-state index < -0.39 is 10.0 Å². The van der Waals surface area contributed by atoms with Crippen LogP contribution in [0.3, 0.4) is 0 Å². The first-order valence-corrected chi connectivity index (χ1v) is 10.8. The number of carbonyl (C=O) groups excluding carboxylic acids is 1. The molecule has 1 aliphatic heterocycles. The maximum atomic E-state index is 13.0. The van der Waals surface area contributed by atoms with E-state index in [1.807, 2.05) is 24.0 Å². The van der Waals surface area contributed by atoms with Gasteiger partial charge in [-0.2, -0.15) is 0 Å². The molecule has 0 spiro atoms. The van der Waals surface area contributed by atoms with Crippen LogP contribution in [-0.4, -0.2) is 37.1 Å². The SMILES string of the molecule is Cc1ccc(NS(C)(=O)=O)cc1NC(=O)N1CCCC[C@H]1c1cccnc1. The summed E-state index contributed by atoms with van der Waals surface area (Å²) in [6.45, 7) is 2.54. The number of urea groups is 1. The molecule has 2 aromatic rings. The number of pyridine rings is 1. The minimum absolute atomic E-state index is 0.00918. The second-order valence-corrected chi connectivity index (χ2v) is 8.57. The van der Waals surface area contributed by atoms with Crippen molar-refractivity contribution in [2.45, 2.75) is 32.2 Å². The van der Waals surface area contributed by atoms with E-state index >= 15 is 0 Å². The zero-order chi connectivity index (χ0) is 19.4. The van der Waals surface area contributed by atoms with Gasteiger partial charge in [0.25, 0.3) is 0 Å². The number of carbonyl (C=O) groups is 1. The van der Waals surface area contributed by atoms with E-state index in [1.54, 1.807) is 30.6 Å². The molecule has 8 heteroatoms. The number of hydrogen-bond acceptors (Lipinski definition) is 4. The van der Waals surface area contributed by atoms with Crippen molar-refractivity contribution in [3.8, 4) is 0 Å². The Labute approximate surface area is 159 Å². The van der Waals surface area contributed by atoms with Gasteiger partial charge in [-0.25, -0.2) is 13.2 Å². The molecule has 0 bridgehead atoms. The molecule has 144 valence electrons. The first kappa shape index (κ1) is 19.2. The predicted octanol–water partition coefficient (Wildman–Crippen LogP) is 3.52. The van der Waals surface area contributed by atoms with Gasteiger partial charge in [0.05, 0.1) is 18.0 Å². The van der Waals surface area contributed by atoms with Gasteiger partial charge in [-0.1, -0.05) is 12.1 Å². The topological polar surface area (TPSA) is 91.4 Å². The van der Waals surface area contributed by atoms with Crippen LogP contribution in [0.2, 0.25) is 0 Å². The lowest BCUT2D eigenvalue weighted by Gasteiger charge is -2.36. The molecule has 3 rings (SSSR count).